The van der Waals surface area contributed by atoms with Gasteiger partial charge < -0.3 is 10.1 Å². The summed E-state index contributed by atoms with van der Waals surface area (Å²) in [6.07, 6.45) is 4.09. The molecule has 2 aromatic rings. The van der Waals surface area contributed by atoms with Gasteiger partial charge in [0.2, 0.25) is 5.91 Å². The van der Waals surface area contributed by atoms with Crippen LogP contribution >= 0.6 is 11.3 Å². The van der Waals surface area contributed by atoms with E-state index in [1.807, 2.05) is 6.92 Å². The minimum atomic E-state index is -0.442. The third kappa shape index (κ3) is 4.77. The Hall–Kier alpha value is -1.97. The van der Waals surface area contributed by atoms with Crippen LogP contribution in [0.5, 0.6) is 0 Å². The van der Waals surface area contributed by atoms with Gasteiger partial charge in [0.25, 0.3) is 0 Å². The van der Waals surface area contributed by atoms with Gasteiger partial charge in [-0.15, -0.1) is 11.3 Å². The highest BCUT2D eigenvalue weighted by Crippen LogP contribution is 2.24. The third-order valence-corrected chi connectivity index (χ3v) is 4.90. The Bertz CT molecular complexity index is 724. The molecule has 0 aromatic carbocycles. The fourth-order valence-corrected chi connectivity index (χ4v) is 3.61. The second-order valence-corrected chi connectivity index (χ2v) is 7.12. The molecule has 3 heterocycles. The summed E-state index contributed by atoms with van der Waals surface area (Å²) in [5.74, 6) is -0.0124. The number of carbonyl (C=O) groups excluding carboxylic acids is 1. The summed E-state index contributed by atoms with van der Waals surface area (Å²) < 4.78 is 18.8. The SMILES string of the molecule is CC(=O)Nc1ncc(CN2CCO[C@@H]([C@H](C)c3ncc(F)cn3)C2)s1. The van der Waals surface area contributed by atoms with E-state index in [4.69, 9.17) is 4.74 Å². The van der Waals surface area contributed by atoms with E-state index < -0.39 is 5.82 Å². The molecule has 9 heteroatoms. The van der Waals surface area contributed by atoms with Gasteiger partial charge in [-0.2, -0.15) is 0 Å². The Labute approximate surface area is 149 Å². The largest absolute Gasteiger partial charge is 0.375 e. The van der Waals surface area contributed by atoms with Crippen LogP contribution in [0.25, 0.3) is 0 Å². The van der Waals surface area contributed by atoms with E-state index in [9.17, 15) is 9.18 Å². The molecule has 0 unspecified atom stereocenters. The first-order valence-corrected chi connectivity index (χ1v) is 8.86. The van der Waals surface area contributed by atoms with Crippen molar-refractivity contribution in [1.29, 1.82) is 0 Å². The van der Waals surface area contributed by atoms with E-state index >= 15 is 0 Å². The highest BCUT2D eigenvalue weighted by Gasteiger charge is 2.28. The Morgan fingerprint density at radius 2 is 2.20 bits per heavy atom. The first-order chi connectivity index (χ1) is 12.0. The highest BCUT2D eigenvalue weighted by atomic mass is 32.1. The van der Waals surface area contributed by atoms with E-state index in [1.165, 1.54) is 30.7 Å². The first-order valence-electron chi connectivity index (χ1n) is 8.05. The lowest BCUT2D eigenvalue weighted by atomic mass is 10.0. The molecule has 1 aliphatic rings. The van der Waals surface area contributed by atoms with Gasteiger partial charge >= 0.3 is 0 Å². The van der Waals surface area contributed by atoms with Gasteiger partial charge in [0.15, 0.2) is 10.9 Å². The van der Waals surface area contributed by atoms with Gasteiger partial charge in [-0.05, 0) is 0 Å². The molecule has 1 amide bonds. The molecule has 0 spiro atoms. The molecule has 0 aliphatic carbocycles. The standard InChI is InChI=1S/C16H20FN5O2S/c1-10(15-18-5-12(17)6-19-15)14-9-22(3-4-24-14)8-13-7-20-16(25-13)21-11(2)23/h5-7,10,14H,3-4,8-9H2,1-2H3,(H,20,21,23)/t10-,14+/m0/s1. The number of hydrogen-bond acceptors (Lipinski definition) is 7. The number of hydrogen-bond donors (Lipinski definition) is 1. The van der Waals surface area contributed by atoms with Gasteiger partial charge in [-0.3, -0.25) is 9.69 Å². The van der Waals surface area contributed by atoms with Crippen LogP contribution < -0.4 is 5.32 Å². The number of carbonyl (C=O) groups is 1. The van der Waals surface area contributed by atoms with Crippen LogP contribution in [-0.2, 0) is 16.1 Å². The van der Waals surface area contributed by atoms with Crippen molar-refractivity contribution >= 4 is 22.4 Å². The smallest absolute Gasteiger partial charge is 0.223 e. The predicted octanol–water partition coefficient (Wildman–Crippen LogP) is 2.04. The summed E-state index contributed by atoms with van der Waals surface area (Å²) in [6, 6.07) is 0. The normalized spacial score (nSPS) is 19.6. The van der Waals surface area contributed by atoms with Crippen LogP contribution in [0.15, 0.2) is 18.6 Å². The number of nitrogens with zero attached hydrogens (tertiary/aromatic N) is 4. The zero-order chi connectivity index (χ0) is 17.8. The van der Waals surface area contributed by atoms with E-state index in [2.05, 4.69) is 25.2 Å². The number of amides is 1. The average molecular weight is 365 g/mol. The highest BCUT2D eigenvalue weighted by molar-refractivity contribution is 7.15. The molecule has 1 aliphatic heterocycles. The van der Waals surface area contributed by atoms with Crippen LogP contribution in [0, 0.1) is 5.82 Å². The molecule has 0 radical (unpaired) electrons. The second-order valence-electron chi connectivity index (χ2n) is 6.01. The van der Waals surface area contributed by atoms with Crippen LogP contribution in [0.3, 0.4) is 0 Å². The monoisotopic (exact) mass is 365 g/mol. The summed E-state index contributed by atoms with van der Waals surface area (Å²) in [5.41, 5.74) is 0. The van der Waals surface area contributed by atoms with Crippen molar-refractivity contribution in [2.75, 3.05) is 25.0 Å². The maximum Gasteiger partial charge on any atom is 0.223 e. The molecule has 0 bridgehead atoms. The number of morpholine rings is 1. The second kappa shape index (κ2) is 7.94. The van der Waals surface area contributed by atoms with E-state index in [-0.39, 0.29) is 17.9 Å². The quantitative estimate of drug-likeness (QED) is 0.873. The maximum atomic E-state index is 13.0. The molecular weight excluding hydrogens is 345 g/mol. The van der Waals surface area contributed by atoms with Crippen LogP contribution in [0.1, 0.15) is 30.5 Å². The molecule has 0 saturated carbocycles. The number of rotatable bonds is 5. The van der Waals surface area contributed by atoms with E-state index in [1.54, 1.807) is 6.20 Å². The van der Waals surface area contributed by atoms with Crippen molar-refractivity contribution < 1.29 is 13.9 Å². The van der Waals surface area contributed by atoms with Crippen molar-refractivity contribution in [1.82, 2.24) is 19.9 Å². The summed E-state index contributed by atoms with van der Waals surface area (Å²) in [6.45, 7) is 6.37. The van der Waals surface area contributed by atoms with Gasteiger partial charge in [0.05, 0.1) is 25.1 Å². The molecule has 1 N–H and O–H groups in total. The molecule has 25 heavy (non-hydrogen) atoms. The van der Waals surface area contributed by atoms with Crippen LogP contribution in [0.4, 0.5) is 9.52 Å². The van der Waals surface area contributed by atoms with Crippen LogP contribution in [0.2, 0.25) is 0 Å². The van der Waals surface area contributed by atoms with Gasteiger partial charge in [-0.1, -0.05) is 6.92 Å². The number of nitrogens with one attached hydrogen (secondary N) is 1. The maximum absolute atomic E-state index is 13.0. The van der Waals surface area contributed by atoms with Crippen molar-refractivity contribution in [3.8, 4) is 0 Å². The Kier molecular flexibility index (Phi) is 5.67. The van der Waals surface area contributed by atoms with Gasteiger partial charge in [-0.25, -0.2) is 19.3 Å². The summed E-state index contributed by atoms with van der Waals surface area (Å²) in [7, 11) is 0. The Morgan fingerprint density at radius 1 is 1.44 bits per heavy atom. The number of thiazole rings is 1. The molecule has 3 rings (SSSR count). The lowest BCUT2D eigenvalue weighted by Crippen LogP contribution is -2.44. The van der Waals surface area contributed by atoms with Crippen molar-refractivity contribution in [2.45, 2.75) is 32.4 Å². The third-order valence-electron chi connectivity index (χ3n) is 4.00. The topological polar surface area (TPSA) is 80.2 Å². The molecule has 1 saturated heterocycles. The Balaban J connectivity index is 1.60. The zero-order valence-electron chi connectivity index (χ0n) is 14.1. The lowest BCUT2D eigenvalue weighted by molar-refractivity contribution is -0.114. The van der Waals surface area contributed by atoms with Gasteiger partial charge in [0, 0.05) is 43.5 Å². The molecule has 2 atom stereocenters. The van der Waals surface area contributed by atoms with E-state index in [0.29, 0.717) is 17.6 Å². The fourth-order valence-electron chi connectivity index (χ4n) is 2.71. The molecule has 7 nitrogen and oxygen atoms in total. The number of halogens is 1. The summed E-state index contributed by atoms with van der Waals surface area (Å²) >= 11 is 1.47. The lowest BCUT2D eigenvalue weighted by Gasteiger charge is -2.35. The van der Waals surface area contributed by atoms with E-state index in [0.717, 1.165) is 24.5 Å². The number of aromatic nitrogens is 3. The van der Waals surface area contributed by atoms with Crippen molar-refractivity contribution in [3.63, 3.8) is 0 Å². The summed E-state index contributed by atoms with van der Waals surface area (Å²) in [4.78, 5) is 26.8. The first kappa shape index (κ1) is 17.8. The zero-order valence-corrected chi connectivity index (χ0v) is 14.9. The Morgan fingerprint density at radius 3 is 2.92 bits per heavy atom. The van der Waals surface area contributed by atoms with Crippen molar-refractivity contribution in [3.05, 3.63) is 35.1 Å². The molecular formula is C16H20FN5O2S. The fraction of sp³-hybridized carbons (Fsp3) is 0.500. The number of anilines is 1. The molecule has 134 valence electrons. The minimum Gasteiger partial charge on any atom is -0.375 e. The predicted molar refractivity (Wildman–Crippen MR) is 91.8 cm³/mol. The molecule has 1 fully saturated rings. The van der Waals surface area contributed by atoms with Crippen LogP contribution in [-0.4, -0.2) is 51.6 Å². The molecule has 2 aromatic heterocycles. The minimum absolute atomic E-state index is 0.0280. The average Bonchev–Trinajstić information content (AvgIpc) is 3.01. The number of ether oxygens (including phenoxy) is 1. The van der Waals surface area contributed by atoms with Crippen molar-refractivity contribution in [2.24, 2.45) is 0 Å². The summed E-state index contributed by atoms with van der Waals surface area (Å²) in [5, 5.41) is 3.31. The van der Waals surface area contributed by atoms with Gasteiger partial charge in [0.1, 0.15) is 5.82 Å².